The second-order valence-corrected chi connectivity index (χ2v) is 10.4. The third-order valence-corrected chi connectivity index (χ3v) is 6.71. The van der Waals surface area contributed by atoms with Crippen LogP contribution >= 0.6 is 0 Å². The first-order valence-corrected chi connectivity index (χ1v) is 11.5. The van der Waals surface area contributed by atoms with Crippen LogP contribution in [0, 0.1) is 5.92 Å². The summed E-state index contributed by atoms with van der Waals surface area (Å²) >= 11 is 0. The Bertz CT molecular complexity index is 963. The lowest BCUT2D eigenvalue weighted by molar-refractivity contribution is 0.00821. The summed E-state index contributed by atoms with van der Waals surface area (Å²) in [6.07, 6.45) is 8.48. The zero-order chi connectivity index (χ0) is 21.8. The van der Waals surface area contributed by atoms with Crippen molar-refractivity contribution in [3.05, 3.63) is 35.8 Å². The van der Waals surface area contributed by atoms with Crippen LogP contribution in [-0.2, 0) is 4.74 Å². The lowest BCUT2D eigenvalue weighted by Crippen LogP contribution is -2.50. The number of aromatic nitrogens is 3. The molecule has 0 aromatic carbocycles. The molecule has 3 heterocycles. The fourth-order valence-electron chi connectivity index (χ4n) is 4.67. The quantitative estimate of drug-likeness (QED) is 0.783. The molecule has 0 unspecified atom stereocenters. The summed E-state index contributed by atoms with van der Waals surface area (Å²) in [5.41, 5.74) is 9.95. The van der Waals surface area contributed by atoms with Crippen molar-refractivity contribution in [3.8, 4) is 11.3 Å². The molecule has 0 atom stereocenters. The molecule has 3 aliphatic rings. The molecule has 0 radical (unpaired) electrons. The Labute approximate surface area is 184 Å². The van der Waals surface area contributed by atoms with Gasteiger partial charge in [-0.05, 0) is 70.5 Å². The molecule has 2 N–H and O–H groups in total. The van der Waals surface area contributed by atoms with Crippen LogP contribution in [0.4, 0.5) is 4.79 Å². The van der Waals surface area contributed by atoms with Crippen LogP contribution in [0.1, 0.15) is 75.6 Å². The number of nitrogens with two attached hydrogens (primary N) is 1. The molecule has 2 aliphatic carbocycles. The average molecular weight is 424 g/mol. The summed E-state index contributed by atoms with van der Waals surface area (Å²) < 4.78 is 7.68. The first-order chi connectivity index (χ1) is 14.8. The van der Waals surface area contributed by atoms with Crippen LogP contribution in [0.3, 0.4) is 0 Å². The van der Waals surface area contributed by atoms with Gasteiger partial charge in [0.2, 0.25) is 0 Å². The molecule has 2 aromatic heterocycles. The minimum Gasteiger partial charge on any atom is -0.444 e. The van der Waals surface area contributed by atoms with Gasteiger partial charge in [-0.2, -0.15) is 5.10 Å². The zero-order valence-corrected chi connectivity index (χ0v) is 18.8. The molecule has 0 spiro atoms. The third-order valence-electron chi connectivity index (χ3n) is 6.71. The lowest BCUT2D eigenvalue weighted by Gasteiger charge is -2.40. The highest BCUT2D eigenvalue weighted by Gasteiger charge is 2.38. The molecule has 31 heavy (non-hydrogen) atoms. The Kier molecular flexibility index (Phi) is 5.04. The number of rotatable bonds is 5. The molecule has 2 aromatic rings. The van der Waals surface area contributed by atoms with Crippen LogP contribution in [0.15, 0.2) is 24.5 Å². The van der Waals surface area contributed by atoms with Crippen LogP contribution < -0.4 is 5.73 Å². The molecule has 3 fully saturated rings. The van der Waals surface area contributed by atoms with E-state index in [1.54, 1.807) is 4.90 Å². The Balaban J connectivity index is 1.37. The van der Waals surface area contributed by atoms with Gasteiger partial charge in [0.05, 0.1) is 17.4 Å². The minimum absolute atomic E-state index is 0.236. The van der Waals surface area contributed by atoms with Gasteiger partial charge < -0.3 is 15.4 Å². The maximum atomic E-state index is 12.4. The van der Waals surface area contributed by atoms with E-state index < -0.39 is 5.60 Å². The normalized spacial score (nSPS) is 23.9. The molecule has 1 amide bonds. The summed E-state index contributed by atoms with van der Waals surface area (Å²) in [5.74, 6) is 1.45. The molecular weight excluding hydrogens is 390 g/mol. The highest BCUT2D eigenvalue weighted by atomic mass is 16.6. The highest BCUT2D eigenvalue weighted by molar-refractivity contribution is 5.71. The van der Waals surface area contributed by atoms with Gasteiger partial charge in [-0.15, -0.1) is 0 Å². The van der Waals surface area contributed by atoms with Crippen molar-refractivity contribution < 1.29 is 9.53 Å². The number of nitrogens with zero attached hydrogens (tertiary/aromatic N) is 4. The van der Waals surface area contributed by atoms with Crippen LogP contribution in [-0.4, -0.2) is 51.0 Å². The molecule has 5 rings (SSSR count). The number of likely N-dealkylation sites (tertiary alicyclic amines) is 1. The second-order valence-electron chi connectivity index (χ2n) is 10.4. The van der Waals surface area contributed by atoms with Crippen LogP contribution in [0.25, 0.3) is 11.3 Å². The van der Waals surface area contributed by atoms with E-state index >= 15 is 0 Å². The van der Waals surface area contributed by atoms with Gasteiger partial charge in [0.25, 0.3) is 0 Å². The number of pyridine rings is 1. The molecule has 7 nitrogen and oxygen atoms in total. The van der Waals surface area contributed by atoms with Crippen molar-refractivity contribution in [1.82, 2.24) is 19.7 Å². The maximum Gasteiger partial charge on any atom is 0.410 e. The number of hydrogen-bond acceptors (Lipinski definition) is 5. The summed E-state index contributed by atoms with van der Waals surface area (Å²) in [7, 11) is 0. The topological polar surface area (TPSA) is 86.3 Å². The summed E-state index contributed by atoms with van der Waals surface area (Å²) in [6.45, 7) is 7.80. The van der Waals surface area contributed by atoms with Crippen molar-refractivity contribution in [2.24, 2.45) is 11.7 Å². The molecule has 1 aliphatic heterocycles. The molecule has 166 valence electrons. The molecule has 2 saturated carbocycles. The first kappa shape index (κ1) is 20.5. The number of ether oxygens (including phenoxy) is 1. The van der Waals surface area contributed by atoms with Gasteiger partial charge in [0.1, 0.15) is 5.60 Å². The molecule has 0 bridgehead atoms. The highest BCUT2D eigenvalue weighted by Crippen LogP contribution is 2.46. The zero-order valence-electron chi connectivity index (χ0n) is 18.8. The van der Waals surface area contributed by atoms with Gasteiger partial charge in [-0.25, -0.2) is 4.79 Å². The van der Waals surface area contributed by atoms with Crippen molar-refractivity contribution in [2.75, 3.05) is 19.6 Å². The van der Waals surface area contributed by atoms with Crippen molar-refractivity contribution >= 4 is 6.09 Å². The largest absolute Gasteiger partial charge is 0.444 e. The van der Waals surface area contributed by atoms with Crippen LogP contribution in [0.2, 0.25) is 0 Å². The number of carbonyl (C=O) groups excluding carboxylic acids is 1. The Morgan fingerprint density at radius 3 is 2.61 bits per heavy atom. The van der Waals surface area contributed by atoms with E-state index in [2.05, 4.69) is 16.9 Å². The van der Waals surface area contributed by atoms with Gasteiger partial charge in [0, 0.05) is 42.9 Å². The smallest absolute Gasteiger partial charge is 0.410 e. The predicted octanol–water partition coefficient (Wildman–Crippen LogP) is 4.07. The Morgan fingerprint density at radius 2 is 1.97 bits per heavy atom. The SMILES string of the molecule is CC(C)(C)OC(=O)N1CC(c2cccnc2-c2cn(C3CC(CN)C3)nc2C2CC2)C1. The monoisotopic (exact) mass is 423 g/mol. The fraction of sp³-hybridized carbons (Fsp3) is 0.625. The van der Waals surface area contributed by atoms with Crippen molar-refractivity contribution in [3.63, 3.8) is 0 Å². The Hall–Kier alpha value is -2.41. The molecule has 1 saturated heterocycles. The molecule has 7 heteroatoms. The lowest BCUT2D eigenvalue weighted by atomic mass is 9.80. The van der Waals surface area contributed by atoms with Gasteiger partial charge >= 0.3 is 6.09 Å². The minimum atomic E-state index is -0.472. The third kappa shape index (κ3) is 4.07. The van der Waals surface area contributed by atoms with Gasteiger partial charge in [0.15, 0.2) is 0 Å². The van der Waals surface area contributed by atoms with E-state index in [1.807, 2.05) is 33.0 Å². The van der Waals surface area contributed by atoms with Gasteiger partial charge in [-0.3, -0.25) is 9.67 Å². The summed E-state index contributed by atoms with van der Waals surface area (Å²) in [6, 6.07) is 4.60. The van der Waals surface area contributed by atoms with E-state index in [0.717, 1.165) is 25.1 Å². The van der Waals surface area contributed by atoms with E-state index in [-0.39, 0.29) is 12.0 Å². The fourth-order valence-corrected chi connectivity index (χ4v) is 4.67. The summed E-state index contributed by atoms with van der Waals surface area (Å²) in [4.78, 5) is 18.9. The van der Waals surface area contributed by atoms with Crippen molar-refractivity contribution in [1.29, 1.82) is 0 Å². The predicted molar refractivity (Wildman–Crippen MR) is 119 cm³/mol. The summed E-state index contributed by atoms with van der Waals surface area (Å²) in [5, 5.41) is 5.02. The number of hydrogen-bond donors (Lipinski definition) is 1. The van der Waals surface area contributed by atoms with E-state index in [9.17, 15) is 4.79 Å². The van der Waals surface area contributed by atoms with Crippen LogP contribution in [0.5, 0.6) is 0 Å². The van der Waals surface area contributed by atoms with E-state index in [0.29, 0.717) is 31.0 Å². The number of amides is 1. The van der Waals surface area contributed by atoms with Crippen molar-refractivity contribution in [2.45, 2.75) is 69.9 Å². The average Bonchev–Trinajstić information content (AvgIpc) is 3.38. The van der Waals surface area contributed by atoms with E-state index in [1.165, 1.54) is 29.7 Å². The standard InChI is InChI=1S/C24H33N5O2/c1-24(2,3)31-23(30)28-12-17(13-28)19-5-4-8-26-22(19)20-14-29(18-9-15(10-18)11-25)27-21(20)16-6-7-16/h4-5,8,14-18H,6-7,9-13,25H2,1-3H3. The maximum absolute atomic E-state index is 12.4. The first-order valence-electron chi connectivity index (χ1n) is 11.5. The number of carbonyl (C=O) groups is 1. The Morgan fingerprint density at radius 1 is 1.23 bits per heavy atom. The second kappa shape index (κ2) is 7.62. The molecular formula is C24H33N5O2. The van der Waals surface area contributed by atoms with E-state index in [4.69, 9.17) is 20.6 Å². The van der Waals surface area contributed by atoms with Gasteiger partial charge in [-0.1, -0.05) is 6.07 Å².